The van der Waals surface area contributed by atoms with Gasteiger partial charge in [0.25, 0.3) is 0 Å². The zero-order valence-electron chi connectivity index (χ0n) is 11.3. The van der Waals surface area contributed by atoms with Gasteiger partial charge >= 0.3 is 0 Å². The summed E-state index contributed by atoms with van der Waals surface area (Å²) in [6.07, 6.45) is 5.32. The molecule has 102 valence electrons. The Morgan fingerprint density at radius 1 is 1.37 bits per heavy atom. The zero-order chi connectivity index (χ0) is 13.9. The van der Waals surface area contributed by atoms with Crippen LogP contribution < -0.4 is 0 Å². The summed E-state index contributed by atoms with van der Waals surface area (Å²) in [6, 6.07) is 7.77. The maximum absolute atomic E-state index is 10.7. The Hall–Kier alpha value is -1.13. The van der Waals surface area contributed by atoms with Crippen molar-refractivity contribution in [3.8, 4) is 0 Å². The summed E-state index contributed by atoms with van der Waals surface area (Å²) in [6.45, 7) is 4.90. The van der Waals surface area contributed by atoms with Crippen LogP contribution in [-0.2, 0) is 18.6 Å². The normalized spacial score (nSPS) is 14.3. The molecule has 0 aliphatic heterocycles. The van der Waals surface area contributed by atoms with E-state index in [0.29, 0.717) is 6.42 Å². The molecule has 0 bridgehead atoms. The Labute approximate surface area is 122 Å². The fourth-order valence-corrected chi connectivity index (χ4v) is 2.96. The van der Waals surface area contributed by atoms with E-state index in [-0.39, 0.29) is 0 Å². The summed E-state index contributed by atoms with van der Waals surface area (Å²) in [5.74, 6) is 0.919. The van der Waals surface area contributed by atoms with Gasteiger partial charge in [0.1, 0.15) is 5.82 Å². The van der Waals surface area contributed by atoms with E-state index in [0.717, 1.165) is 28.8 Å². The van der Waals surface area contributed by atoms with E-state index in [1.807, 2.05) is 37.4 Å². The summed E-state index contributed by atoms with van der Waals surface area (Å²) in [4.78, 5) is 4.36. The van der Waals surface area contributed by atoms with Crippen molar-refractivity contribution >= 4 is 15.9 Å². The molecule has 0 aliphatic rings. The molecular weight excluding hydrogens is 304 g/mol. The van der Waals surface area contributed by atoms with Crippen molar-refractivity contribution in [1.29, 1.82) is 0 Å². The van der Waals surface area contributed by atoms with Gasteiger partial charge in [-0.1, -0.05) is 41.1 Å². The van der Waals surface area contributed by atoms with E-state index < -0.39 is 5.60 Å². The monoisotopic (exact) mass is 322 g/mol. The van der Waals surface area contributed by atoms with Crippen LogP contribution in [0.5, 0.6) is 0 Å². The second-order valence-corrected chi connectivity index (χ2v) is 5.82. The number of nitrogens with zero attached hydrogens (tertiary/aromatic N) is 2. The van der Waals surface area contributed by atoms with Gasteiger partial charge in [-0.3, -0.25) is 0 Å². The third-order valence-electron chi connectivity index (χ3n) is 3.22. The molecule has 0 saturated carbocycles. The highest BCUT2D eigenvalue weighted by Gasteiger charge is 2.27. The number of aromatic nitrogens is 2. The summed E-state index contributed by atoms with van der Waals surface area (Å²) in [7, 11) is 0. The van der Waals surface area contributed by atoms with Gasteiger partial charge in [-0.25, -0.2) is 4.98 Å². The molecule has 1 aromatic heterocycles. The van der Waals surface area contributed by atoms with Gasteiger partial charge in [0.2, 0.25) is 0 Å². The Balaban J connectivity index is 2.26. The second-order valence-electron chi connectivity index (χ2n) is 4.97. The van der Waals surface area contributed by atoms with E-state index in [9.17, 15) is 5.11 Å². The highest BCUT2D eigenvalue weighted by molar-refractivity contribution is 9.10. The Kier molecular flexibility index (Phi) is 4.42. The van der Waals surface area contributed by atoms with Gasteiger partial charge in [0.05, 0.1) is 5.60 Å². The molecule has 0 radical (unpaired) electrons. The number of imidazole rings is 1. The van der Waals surface area contributed by atoms with Crippen molar-refractivity contribution in [3.63, 3.8) is 0 Å². The third-order valence-corrected chi connectivity index (χ3v) is 3.91. The molecule has 1 heterocycles. The Bertz CT molecular complexity index is 549. The summed E-state index contributed by atoms with van der Waals surface area (Å²) in [5, 5.41) is 10.7. The lowest BCUT2D eigenvalue weighted by Gasteiger charge is -2.25. The van der Waals surface area contributed by atoms with E-state index >= 15 is 0 Å². The predicted octanol–water partition coefficient (Wildman–Crippen LogP) is 3.51. The molecule has 1 aromatic carbocycles. The largest absolute Gasteiger partial charge is 0.385 e. The molecule has 1 N–H and O–H groups in total. The highest BCUT2D eigenvalue weighted by Crippen LogP contribution is 2.30. The minimum absolute atomic E-state index is 0.503. The lowest BCUT2D eigenvalue weighted by atomic mass is 9.92. The summed E-state index contributed by atoms with van der Waals surface area (Å²) in [5.41, 5.74) is -0.0437. The van der Waals surface area contributed by atoms with Crippen LogP contribution in [0.3, 0.4) is 0 Å². The van der Waals surface area contributed by atoms with Crippen molar-refractivity contribution in [2.45, 2.75) is 38.8 Å². The molecule has 4 heteroatoms. The first kappa shape index (κ1) is 14.3. The van der Waals surface area contributed by atoms with Crippen molar-refractivity contribution in [2.24, 2.45) is 0 Å². The fourth-order valence-electron chi connectivity index (χ4n) is 2.25. The van der Waals surface area contributed by atoms with Crippen molar-refractivity contribution in [3.05, 3.63) is 52.5 Å². The zero-order valence-corrected chi connectivity index (χ0v) is 12.9. The molecule has 0 aliphatic carbocycles. The number of halogens is 1. The number of hydrogen-bond donors (Lipinski definition) is 1. The number of benzene rings is 1. The first-order chi connectivity index (χ1) is 9.04. The number of aryl methyl sites for hydroxylation is 1. The van der Waals surface area contributed by atoms with Gasteiger partial charge in [-0.15, -0.1) is 0 Å². The van der Waals surface area contributed by atoms with Crippen LogP contribution in [0.2, 0.25) is 0 Å². The minimum atomic E-state index is -0.934. The Morgan fingerprint density at radius 3 is 2.79 bits per heavy atom. The van der Waals surface area contributed by atoms with Crippen molar-refractivity contribution < 1.29 is 5.11 Å². The molecule has 1 unspecified atom stereocenters. The highest BCUT2D eigenvalue weighted by atomic mass is 79.9. The molecular formula is C15H19BrN2O. The van der Waals surface area contributed by atoms with Crippen LogP contribution >= 0.6 is 15.9 Å². The fraction of sp³-hybridized carbons (Fsp3) is 0.400. The molecule has 2 aromatic rings. The van der Waals surface area contributed by atoms with Gasteiger partial charge < -0.3 is 9.67 Å². The van der Waals surface area contributed by atoms with E-state index in [2.05, 4.69) is 32.4 Å². The summed E-state index contributed by atoms with van der Waals surface area (Å²) < 4.78 is 3.03. The van der Waals surface area contributed by atoms with Gasteiger partial charge in [0, 0.05) is 29.8 Å². The van der Waals surface area contributed by atoms with Crippen molar-refractivity contribution in [1.82, 2.24) is 9.55 Å². The lowest BCUT2D eigenvalue weighted by Crippen LogP contribution is -2.26. The second kappa shape index (κ2) is 5.88. The average molecular weight is 323 g/mol. The molecule has 0 saturated heterocycles. The standard InChI is InChI=1S/C15H19BrN2O/c1-3-9-18-10-8-17-14(18)11-15(2,19)12-6-4-5-7-13(12)16/h4-8,10,19H,3,9,11H2,1-2H3. The topological polar surface area (TPSA) is 38.0 Å². The van der Waals surface area contributed by atoms with E-state index in [4.69, 9.17) is 0 Å². The molecule has 2 rings (SSSR count). The third kappa shape index (κ3) is 3.25. The average Bonchev–Trinajstić information content (AvgIpc) is 2.77. The number of rotatable bonds is 5. The van der Waals surface area contributed by atoms with Crippen molar-refractivity contribution in [2.75, 3.05) is 0 Å². The van der Waals surface area contributed by atoms with Gasteiger partial charge in [-0.05, 0) is 25.0 Å². The predicted molar refractivity (Wildman–Crippen MR) is 79.9 cm³/mol. The summed E-state index contributed by atoms with van der Waals surface area (Å²) >= 11 is 3.50. The molecule has 0 fully saturated rings. The number of hydrogen-bond acceptors (Lipinski definition) is 2. The lowest BCUT2D eigenvalue weighted by molar-refractivity contribution is 0.0538. The van der Waals surface area contributed by atoms with Crippen LogP contribution in [0.1, 0.15) is 31.7 Å². The van der Waals surface area contributed by atoms with Gasteiger partial charge in [0.15, 0.2) is 0 Å². The molecule has 0 spiro atoms. The first-order valence-electron chi connectivity index (χ1n) is 6.52. The first-order valence-corrected chi connectivity index (χ1v) is 7.31. The molecule has 0 amide bonds. The SMILES string of the molecule is CCCn1ccnc1CC(C)(O)c1ccccc1Br. The van der Waals surface area contributed by atoms with E-state index in [1.165, 1.54) is 0 Å². The van der Waals surface area contributed by atoms with Crippen LogP contribution in [0.15, 0.2) is 41.1 Å². The van der Waals surface area contributed by atoms with Crippen LogP contribution in [-0.4, -0.2) is 14.7 Å². The Morgan fingerprint density at radius 2 is 2.11 bits per heavy atom. The van der Waals surface area contributed by atoms with Crippen LogP contribution in [0.25, 0.3) is 0 Å². The minimum Gasteiger partial charge on any atom is -0.385 e. The smallest absolute Gasteiger partial charge is 0.111 e. The van der Waals surface area contributed by atoms with E-state index in [1.54, 1.807) is 6.20 Å². The van der Waals surface area contributed by atoms with Crippen LogP contribution in [0, 0.1) is 0 Å². The maximum Gasteiger partial charge on any atom is 0.111 e. The quantitative estimate of drug-likeness (QED) is 0.914. The molecule has 3 nitrogen and oxygen atoms in total. The molecule has 19 heavy (non-hydrogen) atoms. The number of aliphatic hydroxyl groups is 1. The van der Waals surface area contributed by atoms with Crippen LogP contribution in [0.4, 0.5) is 0 Å². The molecule has 1 atom stereocenters. The maximum atomic E-state index is 10.7. The van der Waals surface area contributed by atoms with Gasteiger partial charge in [-0.2, -0.15) is 0 Å².